The fourth-order valence-corrected chi connectivity index (χ4v) is 1.90. The van der Waals surface area contributed by atoms with E-state index < -0.39 is 0 Å². The minimum Gasteiger partial charge on any atom is -0.330 e. The van der Waals surface area contributed by atoms with Crippen molar-refractivity contribution >= 4 is 0 Å². The second-order valence-electron chi connectivity index (χ2n) is 4.63. The van der Waals surface area contributed by atoms with Crippen LogP contribution in [0.2, 0.25) is 0 Å². The molecule has 2 aromatic heterocycles. The van der Waals surface area contributed by atoms with Crippen molar-refractivity contribution in [2.45, 2.75) is 19.8 Å². The Kier molecular flexibility index (Phi) is 3.99. The summed E-state index contributed by atoms with van der Waals surface area (Å²) in [7, 11) is 0. The van der Waals surface area contributed by atoms with Crippen molar-refractivity contribution in [1.82, 2.24) is 15.0 Å². The average molecular weight is 242 g/mol. The summed E-state index contributed by atoms with van der Waals surface area (Å²) < 4.78 is 0. The van der Waals surface area contributed by atoms with E-state index in [-0.39, 0.29) is 5.92 Å². The van der Waals surface area contributed by atoms with Crippen molar-refractivity contribution in [3.63, 3.8) is 0 Å². The summed E-state index contributed by atoms with van der Waals surface area (Å²) in [6.45, 7) is 4.84. The SMILES string of the molecule is CC(C)C(CN)c1nccc(-c2cccnc2)n1. The molecule has 0 amide bonds. The summed E-state index contributed by atoms with van der Waals surface area (Å²) in [5.74, 6) is 1.44. The van der Waals surface area contributed by atoms with Gasteiger partial charge in [0.25, 0.3) is 0 Å². The maximum atomic E-state index is 5.80. The molecule has 0 bridgehead atoms. The van der Waals surface area contributed by atoms with Gasteiger partial charge < -0.3 is 5.73 Å². The van der Waals surface area contributed by atoms with E-state index in [1.165, 1.54) is 0 Å². The van der Waals surface area contributed by atoms with Crippen molar-refractivity contribution < 1.29 is 0 Å². The first-order chi connectivity index (χ1) is 8.72. The maximum Gasteiger partial charge on any atom is 0.133 e. The highest BCUT2D eigenvalue weighted by molar-refractivity contribution is 5.56. The number of hydrogen-bond donors (Lipinski definition) is 1. The normalized spacial score (nSPS) is 12.7. The van der Waals surface area contributed by atoms with Crippen LogP contribution in [0.15, 0.2) is 36.8 Å². The van der Waals surface area contributed by atoms with Gasteiger partial charge in [-0.15, -0.1) is 0 Å². The number of rotatable bonds is 4. The Balaban J connectivity index is 2.36. The summed E-state index contributed by atoms with van der Waals surface area (Å²) in [6, 6.07) is 5.79. The first-order valence-corrected chi connectivity index (χ1v) is 6.15. The molecular weight excluding hydrogens is 224 g/mol. The first kappa shape index (κ1) is 12.6. The number of pyridine rings is 1. The molecule has 94 valence electrons. The summed E-state index contributed by atoms with van der Waals surface area (Å²) in [4.78, 5) is 13.1. The van der Waals surface area contributed by atoms with E-state index in [4.69, 9.17) is 5.73 Å². The van der Waals surface area contributed by atoms with Gasteiger partial charge in [-0.05, 0) is 24.1 Å². The van der Waals surface area contributed by atoms with Crippen molar-refractivity contribution in [1.29, 1.82) is 0 Å². The van der Waals surface area contributed by atoms with E-state index in [9.17, 15) is 0 Å². The smallest absolute Gasteiger partial charge is 0.133 e. The van der Waals surface area contributed by atoms with Gasteiger partial charge in [-0.2, -0.15) is 0 Å². The molecule has 1 atom stereocenters. The topological polar surface area (TPSA) is 64.7 Å². The lowest BCUT2D eigenvalue weighted by Gasteiger charge is -2.17. The largest absolute Gasteiger partial charge is 0.330 e. The Morgan fingerprint density at radius 1 is 1.22 bits per heavy atom. The second kappa shape index (κ2) is 5.69. The van der Waals surface area contributed by atoms with E-state index in [0.717, 1.165) is 17.1 Å². The van der Waals surface area contributed by atoms with Crippen LogP contribution in [0.25, 0.3) is 11.3 Å². The van der Waals surface area contributed by atoms with E-state index >= 15 is 0 Å². The van der Waals surface area contributed by atoms with Crippen LogP contribution in [0.4, 0.5) is 0 Å². The number of aromatic nitrogens is 3. The highest BCUT2D eigenvalue weighted by Crippen LogP contribution is 2.22. The fourth-order valence-electron chi connectivity index (χ4n) is 1.90. The quantitative estimate of drug-likeness (QED) is 0.893. The molecule has 4 nitrogen and oxygen atoms in total. The van der Waals surface area contributed by atoms with Gasteiger partial charge in [0.1, 0.15) is 5.82 Å². The van der Waals surface area contributed by atoms with Crippen molar-refractivity contribution in [2.75, 3.05) is 6.54 Å². The molecule has 0 aliphatic rings. The zero-order valence-electron chi connectivity index (χ0n) is 10.7. The first-order valence-electron chi connectivity index (χ1n) is 6.15. The number of nitrogens with zero attached hydrogens (tertiary/aromatic N) is 3. The van der Waals surface area contributed by atoms with Crippen LogP contribution in [0.1, 0.15) is 25.6 Å². The Hall–Kier alpha value is -1.81. The van der Waals surface area contributed by atoms with Crippen LogP contribution in [-0.4, -0.2) is 21.5 Å². The van der Waals surface area contributed by atoms with Gasteiger partial charge in [0.15, 0.2) is 0 Å². The van der Waals surface area contributed by atoms with Gasteiger partial charge in [0.05, 0.1) is 5.69 Å². The van der Waals surface area contributed by atoms with Gasteiger partial charge in [-0.25, -0.2) is 9.97 Å². The van der Waals surface area contributed by atoms with Gasteiger partial charge in [0, 0.05) is 36.6 Å². The predicted octanol–water partition coefficient (Wildman–Crippen LogP) is 2.24. The average Bonchev–Trinajstić information content (AvgIpc) is 2.40. The lowest BCUT2D eigenvalue weighted by Crippen LogP contribution is -2.20. The van der Waals surface area contributed by atoms with Crippen LogP contribution >= 0.6 is 0 Å². The predicted molar refractivity (Wildman–Crippen MR) is 71.9 cm³/mol. The fraction of sp³-hybridized carbons (Fsp3) is 0.357. The molecule has 0 fully saturated rings. The second-order valence-corrected chi connectivity index (χ2v) is 4.63. The van der Waals surface area contributed by atoms with Crippen LogP contribution in [-0.2, 0) is 0 Å². The van der Waals surface area contributed by atoms with Crippen LogP contribution < -0.4 is 5.73 Å². The molecule has 18 heavy (non-hydrogen) atoms. The van der Waals surface area contributed by atoms with E-state index in [0.29, 0.717) is 12.5 Å². The Morgan fingerprint density at radius 3 is 2.67 bits per heavy atom. The molecule has 2 N–H and O–H groups in total. The lowest BCUT2D eigenvalue weighted by molar-refractivity contribution is 0.483. The number of hydrogen-bond acceptors (Lipinski definition) is 4. The molecule has 2 heterocycles. The monoisotopic (exact) mass is 242 g/mol. The Labute approximate surface area is 107 Å². The lowest BCUT2D eigenvalue weighted by atomic mass is 9.95. The van der Waals surface area contributed by atoms with Crippen LogP contribution in [0, 0.1) is 5.92 Å². The summed E-state index contributed by atoms with van der Waals surface area (Å²) in [5.41, 5.74) is 7.70. The standard InChI is InChI=1S/C14H18N4/c1-10(2)12(8-15)14-17-7-5-13(18-14)11-4-3-6-16-9-11/h3-7,9-10,12H,8,15H2,1-2H3. The molecular formula is C14H18N4. The van der Waals surface area contributed by atoms with Gasteiger partial charge in [-0.3, -0.25) is 4.98 Å². The molecule has 0 saturated carbocycles. The summed E-state index contributed by atoms with van der Waals surface area (Å²) >= 11 is 0. The molecule has 2 rings (SSSR count). The van der Waals surface area contributed by atoms with E-state index in [1.807, 2.05) is 18.2 Å². The highest BCUT2D eigenvalue weighted by Gasteiger charge is 2.17. The molecule has 4 heteroatoms. The van der Waals surface area contributed by atoms with Crippen molar-refractivity contribution in [3.05, 3.63) is 42.6 Å². The highest BCUT2D eigenvalue weighted by atomic mass is 14.9. The molecule has 1 unspecified atom stereocenters. The van der Waals surface area contributed by atoms with Crippen molar-refractivity contribution in [3.8, 4) is 11.3 Å². The van der Waals surface area contributed by atoms with Crippen LogP contribution in [0.5, 0.6) is 0 Å². The third-order valence-corrected chi connectivity index (χ3v) is 3.02. The molecule has 0 aliphatic heterocycles. The Bertz CT molecular complexity index is 496. The van der Waals surface area contributed by atoms with Crippen molar-refractivity contribution in [2.24, 2.45) is 11.7 Å². The van der Waals surface area contributed by atoms with Gasteiger partial charge >= 0.3 is 0 Å². The van der Waals surface area contributed by atoms with Crippen LogP contribution in [0.3, 0.4) is 0 Å². The minimum absolute atomic E-state index is 0.196. The van der Waals surface area contributed by atoms with E-state index in [2.05, 4.69) is 28.8 Å². The summed E-state index contributed by atoms with van der Waals surface area (Å²) in [6.07, 6.45) is 5.34. The molecule has 0 aliphatic carbocycles. The molecule has 0 aromatic carbocycles. The molecule has 0 radical (unpaired) electrons. The zero-order valence-corrected chi connectivity index (χ0v) is 10.7. The number of nitrogens with two attached hydrogens (primary N) is 1. The summed E-state index contributed by atoms with van der Waals surface area (Å²) in [5, 5.41) is 0. The van der Waals surface area contributed by atoms with Gasteiger partial charge in [-0.1, -0.05) is 13.8 Å². The maximum absolute atomic E-state index is 5.80. The van der Waals surface area contributed by atoms with E-state index in [1.54, 1.807) is 18.6 Å². The molecule has 2 aromatic rings. The third kappa shape index (κ3) is 2.71. The molecule has 0 spiro atoms. The Morgan fingerprint density at radius 2 is 2.06 bits per heavy atom. The minimum atomic E-state index is 0.196. The third-order valence-electron chi connectivity index (χ3n) is 3.02. The van der Waals surface area contributed by atoms with Gasteiger partial charge in [0.2, 0.25) is 0 Å². The molecule has 0 saturated heterocycles. The zero-order chi connectivity index (χ0) is 13.0.